The molecule has 0 spiro atoms. The minimum absolute atomic E-state index is 0.0816. The number of carbonyl (C=O) groups excluding carboxylic acids is 1. The fraction of sp³-hybridized carbons (Fsp3) is 0.400. The number of aliphatic hydroxyl groups excluding tert-OH is 1. The number of benzene rings is 1. The zero-order valence-electron chi connectivity index (χ0n) is 15.1. The number of aromatic nitrogens is 1. The second-order valence-corrected chi connectivity index (χ2v) is 9.80. The van der Waals surface area contributed by atoms with Crippen LogP contribution in [0.2, 0.25) is 0 Å². The summed E-state index contributed by atoms with van der Waals surface area (Å²) in [6, 6.07) is 10.9. The molecule has 2 bridgehead atoms. The van der Waals surface area contributed by atoms with Crippen LogP contribution in [0.4, 0.5) is 5.82 Å². The van der Waals surface area contributed by atoms with Crippen molar-refractivity contribution in [2.45, 2.75) is 29.9 Å². The van der Waals surface area contributed by atoms with Gasteiger partial charge in [-0.25, -0.2) is 13.4 Å². The van der Waals surface area contributed by atoms with Crippen molar-refractivity contribution in [2.75, 3.05) is 11.9 Å². The number of rotatable bonds is 4. The monoisotopic (exact) mass is 399 g/mol. The Kier molecular flexibility index (Phi) is 4.04. The number of aliphatic hydroxyl groups is 1. The van der Waals surface area contributed by atoms with Crippen molar-refractivity contribution < 1.29 is 18.3 Å². The summed E-state index contributed by atoms with van der Waals surface area (Å²) in [5.41, 5.74) is 0.249. The lowest BCUT2D eigenvalue weighted by atomic mass is 9.88. The number of carbonyl (C=O) groups is 1. The van der Waals surface area contributed by atoms with E-state index in [9.17, 15) is 18.3 Å². The molecule has 146 valence electrons. The fourth-order valence-corrected chi connectivity index (χ4v) is 6.98. The molecule has 2 saturated carbocycles. The predicted octanol–water partition coefficient (Wildman–Crippen LogP) is 1.72. The predicted molar refractivity (Wildman–Crippen MR) is 102 cm³/mol. The molecule has 1 aliphatic heterocycles. The van der Waals surface area contributed by atoms with Crippen LogP contribution in [0.3, 0.4) is 0 Å². The van der Waals surface area contributed by atoms with Gasteiger partial charge in [-0.05, 0) is 60.9 Å². The highest BCUT2D eigenvalue weighted by atomic mass is 32.2. The van der Waals surface area contributed by atoms with Gasteiger partial charge in [-0.3, -0.25) is 4.79 Å². The first-order valence-corrected chi connectivity index (χ1v) is 10.9. The van der Waals surface area contributed by atoms with Gasteiger partial charge < -0.3 is 10.4 Å². The zero-order valence-corrected chi connectivity index (χ0v) is 15.9. The van der Waals surface area contributed by atoms with Crippen LogP contribution in [-0.4, -0.2) is 47.4 Å². The van der Waals surface area contributed by atoms with Crippen molar-refractivity contribution in [1.82, 2.24) is 9.29 Å². The number of anilines is 1. The maximum Gasteiger partial charge on any atom is 0.256 e. The van der Waals surface area contributed by atoms with E-state index in [2.05, 4.69) is 10.3 Å². The summed E-state index contributed by atoms with van der Waals surface area (Å²) in [6.07, 6.45) is 2.79. The van der Waals surface area contributed by atoms with Gasteiger partial charge in [0, 0.05) is 18.3 Å². The van der Waals surface area contributed by atoms with Gasteiger partial charge in [-0.15, -0.1) is 0 Å². The van der Waals surface area contributed by atoms with E-state index in [0.717, 1.165) is 12.8 Å². The maximum atomic E-state index is 13.3. The van der Waals surface area contributed by atoms with Crippen molar-refractivity contribution in [1.29, 1.82) is 0 Å². The van der Waals surface area contributed by atoms with Crippen LogP contribution in [-0.2, 0) is 10.0 Å². The van der Waals surface area contributed by atoms with Gasteiger partial charge in [0.05, 0.1) is 17.0 Å². The van der Waals surface area contributed by atoms with Crippen LogP contribution in [0, 0.1) is 17.8 Å². The largest absolute Gasteiger partial charge is 0.391 e. The standard InChI is InChI=1S/C20H21N3O4S/c24-19-13-8-14-11-23(18(19)16(14)10-13)28(26,27)15-5-3-4-12(9-15)20(25)22-17-6-1-2-7-21-17/h1-7,9,13-14,16,18-19,24H,8,10-11H2,(H,21,22,25)/t13-,14-,16+,18-,19-/m0/s1. The summed E-state index contributed by atoms with van der Waals surface area (Å²) < 4.78 is 28.0. The van der Waals surface area contributed by atoms with Gasteiger partial charge >= 0.3 is 0 Å². The van der Waals surface area contributed by atoms with Crippen LogP contribution >= 0.6 is 0 Å². The summed E-state index contributed by atoms with van der Waals surface area (Å²) in [5, 5.41) is 13.2. The molecule has 8 heteroatoms. The minimum Gasteiger partial charge on any atom is -0.391 e. The van der Waals surface area contributed by atoms with Crippen molar-refractivity contribution in [3.63, 3.8) is 0 Å². The average Bonchev–Trinajstić information content (AvgIpc) is 3.32. The molecule has 5 atom stereocenters. The van der Waals surface area contributed by atoms with E-state index in [1.165, 1.54) is 16.4 Å². The van der Waals surface area contributed by atoms with Crippen LogP contribution in [0.15, 0.2) is 53.6 Å². The highest BCUT2D eigenvalue weighted by Gasteiger charge is 2.61. The number of pyridine rings is 1. The van der Waals surface area contributed by atoms with Gasteiger partial charge in [0.2, 0.25) is 10.0 Å². The first-order chi connectivity index (χ1) is 13.4. The van der Waals surface area contributed by atoms with E-state index < -0.39 is 22.0 Å². The molecule has 3 fully saturated rings. The molecule has 0 unspecified atom stereocenters. The molecule has 2 N–H and O–H groups in total. The molecular weight excluding hydrogens is 378 g/mol. The molecule has 7 nitrogen and oxygen atoms in total. The Morgan fingerprint density at radius 3 is 2.75 bits per heavy atom. The maximum absolute atomic E-state index is 13.3. The normalized spacial score (nSPS) is 31.2. The molecule has 2 aliphatic carbocycles. The third kappa shape index (κ3) is 2.67. The Morgan fingerprint density at radius 1 is 1.14 bits per heavy atom. The molecule has 2 aromatic rings. The number of sulfonamides is 1. The molecule has 2 heterocycles. The van der Waals surface area contributed by atoms with Crippen LogP contribution in [0.1, 0.15) is 23.2 Å². The lowest BCUT2D eigenvalue weighted by Crippen LogP contribution is -2.43. The Labute approximate surface area is 163 Å². The van der Waals surface area contributed by atoms with E-state index in [-0.39, 0.29) is 28.3 Å². The van der Waals surface area contributed by atoms with E-state index >= 15 is 0 Å². The van der Waals surface area contributed by atoms with E-state index in [0.29, 0.717) is 18.3 Å². The first kappa shape index (κ1) is 17.8. The quantitative estimate of drug-likeness (QED) is 0.816. The Bertz CT molecular complexity index is 1020. The number of nitrogens with one attached hydrogen (secondary N) is 1. The molecule has 1 aromatic carbocycles. The first-order valence-electron chi connectivity index (χ1n) is 9.47. The molecular formula is C20H21N3O4S. The third-order valence-corrected chi connectivity index (χ3v) is 8.27. The van der Waals surface area contributed by atoms with Crippen molar-refractivity contribution in [3.8, 4) is 0 Å². The second-order valence-electron chi connectivity index (χ2n) is 7.91. The molecule has 1 aromatic heterocycles. The Balaban J connectivity index is 1.42. The number of hydrogen-bond donors (Lipinski definition) is 2. The summed E-state index contributed by atoms with van der Waals surface area (Å²) in [4.78, 5) is 16.6. The van der Waals surface area contributed by atoms with Gasteiger partial charge in [0.1, 0.15) is 5.82 Å². The number of nitrogens with zero attached hydrogens (tertiary/aromatic N) is 2. The van der Waals surface area contributed by atoms with Crippen molar-refractivity contribution in [3.05, 3.63) is 54.2 Å². The molecule has 1 amide bonds. The summed E-state index contributed by atoms with van der Waals surface area (Å²) in [5.74, 6) is 0.792. The summed E-state index contributed by atoms with van der Waals surface area (Å²) in [7, 11) is -3.78. The molecule has 28 heavy (non-hydrogen) atoms. The Morgan fingerprint density at radius 2 is 2.00 bits per heavy atom. The van der Waals surface area contributed by atoms with E-state index in [4.69, 9.17) is 0 Å². The van der Waals surface area contributed by atoms with Crippen LogP contribution in [0.5, 0.6) is 0 Å². The number of hydrogen-bond acceptors (Lipinski definition) is 5. The summed E-state index contributed by atoms with van der Waals surface area (Å²) >= 11 is 0. The number of fused-ring (bicyclic) bond motifs is 1. The third-order valence-electron chi connectivity index (χ3n) is 6.41. The SMILES string of the molecule is O=C(Nc1ccccn1)c1cccc(S(=O)(=O)N2C[C@@H]3C[C@H]4C[C@H]3[C@H]2[C@H]4O)c1. The van der Waals surface area contributed by atoms with Crippen molar-refractivity contribution >= 4 is 21.7 Å². The zero-order chi connectivity index (χ0) is 19.5. The van der Waals surface area contributed by atoms with E-state index in [1.807, 2.05) is 0 Å². The minimum atomic E-state index is -3.78. The van der Waals surface area contributed by atoms with Crippen LogP contribution < -0.4 is 5.32 Å². The van der Waals surface area contributed by atoms with E-state index in [1.54, 1.807) is 36.5 Å². The van der Waals surface area contributed by atoms with Gasteiger partial charge in [-0.2, -0.15) is 4.31 Å². The second kappa shape index (κ2) is 6.37. The fourth-order valence-electron chi connectivity index (χ4n) is 5.19. The number of amides is 1. The molecule has 3 aliphatic rings. The average molecular weight is 399 g/mol. The highest BCUT2D eigenvalue weighted by molar-refractivity contribution is 7.89. The van der Waals surface area contributed by atoms with Crippen molar-refractivity contribution in [2.24, 2.45) is 17.8 Å². The summed E-state index contributed by atoms with van der Waals surface area (Å²) in [6.45, 7) is 0.454. The van der Waals surface area contributed by atoms with Gasteiger partial charge in [-0.1, -0.05) is 12.1 Å². The van der Waals surface area contributed by atoms with Crippen LogP contribution in [0.25, 0.3) is 0 Å². The van der Waals surface area contributed by atoms with Gasteiger partial charge in [0.15, 0.2) is 0 Å². The smallest absolute Gasteiger partial charge is 0.256 e. The topological polar surface area (TPSA) is 99.6 Å². The highest BCUT2D eigenvalue weighted by Crippen LogP contribution is 2.56. The molecule has 5 rings (SSSR count). The lowest BCUT2D eigenvalue weighted by molar-refractivity contribution is 0.0731. The Hall–Kier alpha value is -2.29. The lowest BCUT2D eigenvalue weighted by Gasteiger charge is -2.28. The molecule has 0 radical (unpaired) electrons. The van der Waals surface area contributed by atoms with Gasteiger partial charge in [0.25, 0.3) is 5.91 Å². The molecule has 1 saturated heterocycles.